The van der Waals surface area contributed by atoms with E-state index in [2.05, 4.69) is 24.3 Å². The molecule has 0 radical (unpaired) electrons. The van der Waals surface area contributed by atoms with E-state index in [-0.39, 0.29) is 0 Å². The van der Waals surface area contributed by atoms with Gasteiger partial charge >= 0.3 is 0 Å². The topological polar surface area (TPSA) is 0 Å². The highest BCUT2D eigenvalue weighted by molar-refractivity contribution is 8.29. The van der Waals surface area contributed by atoms with Gasteiger partial charge in [0.05, 0.1) is 0 Å². The van der Waals surface area contributed by atoms with Crippen molar-refractivity contribution in [3.63, 3.8) is 0 Å². The molecule has 0 atom stereocenters. The van der Waals surface area contributed by atoms with Crippen LogP contribution in [0.2, 0.25) is 19.1 Å². The van der Waals surface area contributed by atoms with Crippen LogP contribution in [-0.2, 0) is 0 Å². The Hall–Kier alpha value is 0.567. The van der Waals surface area contributed by atoms with Crippen molar-refractivity contribution >= 4 is 18.4 Å². The fraction of sp³-hybridized carbons (Fsp3) is 1.00. The van der Waals surface area contributed by atoms with Gasteiger partial charge in [-0.05, 0) is 18.2 Å². The van der Waals surface area contributed by atoms with Crippen LogP contribution in [0.5, 0.6) is 0 Å². The van der Waals surface area contributed by atoms with E-state index >= 15 is 0 Å². The minimum atomic E-state index is -0.623. The molecule has 0 aliphatic carbocycles. The molecule has 1 aliphatic heterocycles. The molecular weight excluding hydrogens is 120 g/mol. The van der Waals surface area contributed by atoms with Crippen molar-refractivity contribution in [3.05, 3.63) is 0 Å². The van der Waals surface area contributed by atoms with Gasteiger partial charge in [-0.25, -0.2) is 0 Å². The van der Waals surface area contributed by atoms with Gasteiger partial charge in [0.2, 0.25) is 0 Å². The molecule has 1 heterocycles. The first kappa shape index (κ1) is 5.70. The molecule has 2 heteroatoms. The first-order valence-electron chi connectivity index (χ1n) is 2.85. The van der Waals surface area contributed by atoms with Crippen LogP contribution in [0.25, 0.3) is 0 Å². The summed E-state index contributed by atoms with van der Waals surface area (Å²) in [5.41, 5.74) is 0. The molecule has 0 aromatic rings. The third-order valence-corrected chi connectivity index (χ3v) is 7.82. The van der Waals surface area contributed by atoms with Crippen molar-refractivity contribution in [2.75, 3.05) is 5.75 Å². The number of hydrogen-bond acceptors (Lipinski definition) is 1. The lowest BCUT2D eigenvalue weighted by atomic mass is 10.6. The highest BCUT2D eigenvalue weighted by Gasteiger charge is 2.25. The van der Waals surface area contributed by atoms with Gasteiger partial charge in [-0.2, -0.15) is 11.2 Å². The summed E-state index contributed by atoms with van der Waals surface area (Å²) >= 11 is 2.24. The zero-order valence-electron chi connectivity index (χ0n) is 5.03. The van der Waals surface area contributed by atoms with Gasteiger partial charge in [0.25, 0.3) is 0 Å². The zero-order chi connectivity index (χ0) is 5.33. The first-order valence-corrected chi connectivity index (χ1v) is 7.76. The van der Waals surface area contributed by atoms with Crippen molar-refractivity contribution in [2.24, 2.45) is 0 Å². The third kappa shape index (κ3) is 1.50. The first-order chi connectivity index (χ1) is 3.21. The minimum Gasteiger partial charge on any atom is -0.186 e. The zero-order valence-corrected chi connectivity index (χ0v) is 6.85. The Morgan fingerprint density at radius 2 is 2.14 bits per heavy atom. The standard InChI is InChI=1S/C5H12SSi/c1-7(2)5-3-4-6-7/h3-5H2,1-2H3. The van der Waals surface area contributed by atoms with E-state index in [0.29, 0.717) is 0 Å². The van der Waals surface area contributed by atoms with Crippen molar-refractivity contribution in [1.82, 2.24) is 0 Å². The number of rotatable bonds is 0. The molecule has 0 bridgehead atoms. The van der Waals surface area contributed by atoms with E-state index in [1.807, 2.05) is 0 Å². The van der Waals surface area contributed by atoms with Gasteiger partial charge in [0.1, 0.15) is 7.22 Å². The van der Waals surface area contributed by atoms with E-state index in [1.54, 1.807) is 6.04 Å². The summed E-state index contributed by atoms with van der Waals surface area (Å²) in [6.45, 7) is 4.93. The predicted octanol–water partition coefficient (Wildman–Crippen LogP) is 2.33. The normalized spacial score (nSPS) is 28.3. The van der Waals surface area contributed by atoms with Crippen LogP contribution in [0.3, 0.4) is 0 Å². The molecule has 1 aliphatic rings. The van der Waals surface area contributed by atoms with E-state index < -0.39 is 7.22 Å². The SMILES string of the molecule is C[Si]1(C)CCCS1. The molecule has 0 amide bonds. The molecule has 0 nitrogen and oxygen atoms in total. The highest BCUT2D eigenvalue weighted by atomic mass is 32.4. The van der Waals surface area contributed by atoms with Crippen molar-refractivity contribution in [2.45, 2.75) is 25.6 Å². The largest absolute Gasteiger partial charge is 0.186 e. The molecule has 0 spiro atoms. The Morgan fingerprint density at radius 1 is 1.43 bits per heavy atom. The summed E-state index contributed by atoms with van der Waals surface area (Å²) in [7, 11) is -0.623. The van der Waals surface area contributed by atoms with Crippen LogP contribution in [0, 0.1) is 0 Å². The number of hydrogen-bond donors (Lipinski definition) is 0. The summed E-state index contributed by atoms with van der Waals surface area (Å²) in [6, 6.07) is 1.55. The second kappa shape index (κ2) is 1.82. The molecule has 42 valence electrons. The molecule has 7 heavy (non-hydrogen) atoms. The Kier molecular flexibility index (Phi) is 1.48. The van der Waals surface area contributed by atoms with Crippen LogP contribution in [0.1, 0.15) is 6.42 Å². The van der Waals surface area contributed by atoms with Gasteiger partial charge in [0.15, 0.2) is 0 Å². The van der Waals surface area contributed by atoms with Crippen molar-refractivity contribution in [3.8, 4) is 0 Å². The molecule has 1 rings (SSSR count). The lowest BCUT2D eigenvalue weighted by molar-refractivity contribution is 1.10. The summed E-state index contributed by atoms with van der Waals surface area (Å²) in [4.78, 5) is 0. The summed E-state index contributed by atoms with van der Waals surface area (Å²) in [5, 5.41) is 0. The average Bonchev–Trinajstić information content (AvgIpc) is 1.84. The molecule has 1 saturated heterocycles. The van der Waals surface area contributed by atoms with E-state index in [1.165, 1.54) is 12.2 Å². The van der Waals surface area contributed by atoms with E-state index in [0.717, 1.165) is 0 Å². The summed E-state index contributed by atoms with van der Waals surface area (Å²) in [6.07, 6.45) is 1.49. The minimum absolute atomic E-state index is 0.623. The van der Waals surface area contributed by atoms with Gasteiger partial charge < -0.3 is 0 Å². The van der Waals surface area contributed by atoms with Crippen molar-refractivity contribution < 1.29 is 0 Å². The van der Waals surface area contributed by atoms with Crippen LogP contribution in [0.4, 0.5) is 0 Å². The maximum Gasteiger partial charge on any atom is 0.111 e. The van der Waals surface area contributed by atoms with Crippen LogP contribution >= 0.6 is 11.2 Å². The highest BCUT2D eigenvalue weighted by Crippen LogP contribution is 2.33. The summed E-state index contributed by atoms with van der Waals surface area (Å²) in [5.74, 6) is 1.44. The van der Waals surface area contributed by atoms with E-state index in [9.17, 15) is 0 Å². The van der Waals surface area contributed by atoms with Crippen molar-refractivity contribution in [1.29, 1.82) is 0 Å². The Morgan fingerprint density at radius 3 is 2.29 bits per heavy atom. The van der Waals surface area contributed by atoms with Gasteiger partial charge in [-0.1, -0.05) is 13.1 Å². The third-order valence-electron chi connectivity index (χ3n) is 1.42. The maximum absolute atomic E-state index is 2.46. The van der Waals surface area contributed by atoms with Crippen LogP contribution < -0.4 is 0 Å². The predicted molar refractivity (Wildman–Crippen MR) is 39.4 cm³/mol. The second-order valence-electron chi connectivity index (χ2n) is 2.71. The van der Waals surface area contributed by atoms with E-state index in [4.69, 9.17) is 0 Å². The lowest BCUT2D eigenvalue weighted by Crippen LogP contribution is -2.13. The Balaban J connectivity index is 2.40. The molecule has 0 unspecified atom stereocenters. The Labute approximate surface area is 50.3 Å². The quantitative estimate of drug-likeness (QED) is 0.456. The van der Waals surface area contributed by atoms with Gasteiger partial charge in [-0.3, -0.25) is 0 Å². The fourth-order valence-electron chi connectivity index (χ4n) is 0.919. The molecule has 0 N–H and O–H groups in total. The van der Waals surface area contributed by atoms with Crippen LogP contribution in [-0.4, -0.2) is 13.0 Å². The lowest BCUT2D eigenvalue weighted by Gasteiger charge is -2.09. The van der Waals surface area contributed by atoms with Gasteiger partial charge in [0, 0.05) is 0 Å². The maximum atomic E-state index is 2.46. The molecular formula is C5H12SSi. The average molecular weight is 132 g/mol. The fourth-order valence-corrected chi connectivity index (χ4v) is 6.15. The molecule has 0 saturated carbocycles. The molecule has 1 fully saturated rings. The smallest absolute Gasteiger partial charge is 0.111 e. The Bertz CT molecular complexity index is 62.5. The summed E-state index contributed by atoms with van der Waals surface area (Å²) < 4.78 is 0. The molecule has 0 aromatic carbocycles. The second-order valence-corrected chi connectivity index (χ2v) is 11.6. The monoisotopic (exact) mass is 132 g/mol. The molecule has 0 aromatic heterocycles. The van der Waals surface area contributed by atoms with Gasteiger partial charge in [-0.15, -0.1) is 0 Å². The van der Waals surface area contributed by atoms with Crippen LogP contribution in [0.15, 0.2) is 0 Å².